The van der Waals surface area contributed by atoms with Gasteiger partial charge < -0.3 is 5.11 Å². The first kappa shape index (κ1) is 15.2. The van der Waals surface area contributed by atoms with Gasteiger partial charge in [0.15, 0.2) is 0 Å². The number of aliphatic hydroxyl groups is 1. The Kier molecular flexibility index (Phi) is 4.99. The van der Waals surface area contributed by atoms with Crippen molar-refractivity contribution in [2.24, 2.45) is 0 Å². The second-order valence-electron chi connectivity index (χ2n) is 4.05. The second-order valence-corrected chi connectivity index (χ2v) is 4.97. The summed E-state index contributed by atoms with van der Waals surface area (Å²) in [7, 11) is 0. The molecule has 1 aromatic rings. The lowest BCUT2D eigenvalue weighted by Gasteiger charge is -2.18. The Morgan fingerprint density at radius 2 is 2.06 bits per heavy atom. The summed E-state index contributed by atoms with van der Waals surface area (Å²) in [5, 5.41) is 9.88. The average molecular weight is 323 g/mol. The Morgan fingerprint density at radius 1 is 1.44 bits per heavy atom. The van der Waals surface area contributed by atoms with Crippen LogP contribution in [0, 0.1) is 0 Å². The van der Waals surface area contributed by atoms with Crippen molar-refractivity contribution in [1.82, 2.24) is 0 Å². The van der Waals surface area contributed by atoms with Crippen molar-refractivity contribution in [2.45, 2.75) is 32.0 Å². The van der Waals surface area contributed by atoms with Crippen molar-refractivity contribution in [3.8, 4) is 0 Å². The topological polar surface area (TPSA) is 20.2 Å². The Morgan fingerprint density at radius 3 is 2.56 bits per heavy atom. The normalized spacial score (nSPS) is 13.4. The standard InChI is InChI=1S/C13H14BrF3O/c1-3-8(2)6-12(18)10-5-4-9(14)7-11(10)13(15,16)17/h4-5,7,12,18H,2-3,6H2,1H3. The first-order valence-electron chi connectivity index (χ1n) is 5.47. The molecule has 0 spiro atoms. The number of halogens is 4. The van der Waals surface area contributed by atoms with E-state index in [1.807, 2.05) is 6.92 Å². The van der Waals surface area contributed by atoms with Gasteiger partial charge in [-0.05, 0) is 30.5 Å². The third-order valence-corrected chi connectivity index (χ3v) is 3.16. The minimum absolute atomic E-state index is 0.111. The number of hydrogen-bond donors (Lipinski definition) is 1. The van der Waals surface area contributed by atoms with Gasteiger partial charge in [-0.3, -0.25) is 0 Å². The van der Waals surface area contributed by atoms with Gasteiger partial charge in [0.2, 0.25) is 0 Å². The maximum Gasteiger partial charge on any atom is 0.416 e. The first-order chi connectivity index (χ1) is 8.25. The number of benzene rings is 1. The van der Waals surface area contributed by atoms with E-state index in [0.29, 0.717) is 10.9 Å². The lowest BCUT2D eigenvalue weighted by atomic mass is 9.96. The molecule has 0 bridgehead atoms. The monoisotopic (exact) mass is 322 g/mol. The van der Waals surface area contributed by atoms with Crippen LogP contribution in [-0.2, 0) is 6.18 Å². The zero-order chi connectivity index (χ0) is 13.9. The highest BCUT2D eigenvalue weighted by molar-refractivity contribution is 9.10. The molecule has 1 N–H and O–H groups in total. The third-order valence-electron chi connectivity index (χ3n) is 2.66. The van der Waals surface area contributed by atoms with Crippen molar-refractivity contribution < 1.29 is 18.3 Å². The van der Waals surface area contributed by atoms with Gasteiger partial charge >= 0.3 is 6.18 Å². The van der Waals surface area contributed by atoms with E-state index in [0.717, 1.165) is 11.6 Å². The van der Waals surface area contributed by atoms with Gasteiger partial charge in [-0.1, -0.05) is 41.1 Å². The minimum atomic E-state index is -4.48. The van der Waals surface area contributed by atoms with Gasteiger partial charge in [0.25, 0.3) is 0 Å². The van der Waals surface area contributed by atoms with Crippen molar-refractivity contribution >= 4 is 15.9 Å². The smallest absolute Gasteiger partial charge is 0.388 e. The fraction of sp³-hybridized carbons (Fsp3) is 0.385. The van der Waals surface area contributed by atoms with E-state index < -0.39 is 17.8 Å². The lowest BCUT2D eigenvalue weighted by molar-refractivity contribution is -0.139. The van der Waals surface area contributed by atoms with E-state index >= 15 is 0 Å². The van der Waals surface area contributed by atoms with Gasteiger partial charge in [0, 0.05) is 4.47 Å². The van der Waals surface area contributed by atoms with E-state index in [1.165, 1.54) is 12.1 Å². The van der Waals surface area contributed by atoms with Crippen LogP contribution in [0.2, 0.25) is 0 Å². The maximum absolute atomic E-state index is 12.9. The summed E-state index contributed by atoms with van der Waals surface area (Å²) in [5.41, 5.74) is -0.202. The summed E-state index contributed by atoms with van der Waals surface area (Å²) in [6.07, 6.45) is -4.88. The predicted molar refractivity (Wildman–Crippen MR) is 68.2 cm³/mol. The third kappa shape index (κ3) is 3.85. The van der Waals surface area contributed by atoms with Gasteiger partial charge in [-0.25, -0.2) is 0 Å². The molecule has 18 heavy (non-hydrogen) atoms. The van der Waals surface area contributed by atoms with Crippen LogP contribution in [0.3, 0.4) is 0 Å². The van der Waals surface area contributed by atoms with Crippen LogP contribution in [-0.4, -0.2) is 5.11 Å². The van der Waals surface area contributed by atoms with Gasteiger partial charge in [-0.15, -0.1) is 0 Å². The second kappa shape index (κ2) is 5.89. The van der Waals surface area contributed by atoms with Crippen molar-refractivity contribution in [1.29, 1.82) is 0 Å². The average Bonchev–Trinajstić information content (AvgIpc) is 2.27. The molecule has 1 nitrogen and oxygen atoms in total. The number of aliphatic hydroxyl groups excluding tert-OH is 1. The van der Waals surface area contributed by atoms with Gasteiger partial charge in [-0.2, -0.15) is 13.2 Å². The summed E-state index contributed by atoms with van der Waals surface area (Å²) < 4.78 is 38.9. The van der Waals surface area contributed by atoms with E-state index in [4.69, 9.17) is 0 Å². The van der Waals surface area contributed by atoms with E-state index in [9.17, 15) is 18.3 Å². The Hall–Kier alpha value is -0.810. The van der Waals surface area contributed by atoms with Crippen molar-refractivity contribution in [3.63, 3.8) is 0 Å². The number of rotatable bonds is 4. The SMILES string of the molecule is C=C(CC)CC(O)c1ccc(Br)cc1C(F)(F)F. The largest absolute Gasteiger partial charge is 0.416 e. The molecular weight excluding hydrogens is 309 g/mol. The predicted octanol–water partition coefficient (Wildman–Crippen LogP) is 4.86. The summed E-state index contributed by atoms with van der Waals surface area (Å²) in [4.78, 5) is 0. The van der Waals surface area contributed by atoms with Crippen LogP contribution < -0.4 is 0 Å². The maximum atomic E-state index is 12.9. The molecule has 1 atom stereocenters. The molecule has 0 aromatic heterocycles. The molecule has 1 unspecified atom stereocenters. The zero-order valence-electron chi connectivity index (χ0n) is 9.89. The Labute approximate surface area is 112 Å². The molecule has 0 radical (unpaired) electrons. The summed E-state index contributed by atoms with van der Waals surface area (Å²) in [6.45, 7) is 5.55. The molecule has 0 saturated carbocycles. The summed E-state index contributed by atoms with van der Waals surface area (Å²) >= 11 is 3.00. The Bertz CT molecular complexity index is 440. The van der Waals surface area contributed by atoms with Crippen molar-refractivity contribution in [2.75, 3.05) is 0 Å². The quantitative estimate of drug-likeness (QED) is 0.785. The van der Waals surface area contributed by atoms with Gasteiger partial charge in [0.1, 0.15) is 0 Å². The number of hydrogen-bond acceptors (Lipinski definition) is 1. The minimum Gasteiger partial charge on any atom is -0.388 e. The fourth-order valence-electron chi connectivity index (χ4n) is 1.59. The van der Waals surface area contributed by atoms with Crippen LogP contribution in [0.15, 0.2) is 34.8 Å². The Balaban J connectivity index is 3.12. The number of alkyl halides is 3. The fourth-order valence-corrected chi connectivity index (χ4v) is 1.95. The van der Waals surface area contributed by atoms with Crippen LogP contribution in [0.5, 0.6) is 0 Å². The molecule has 1 rings (SSSR count). The molecule has 0 aliphatic heterocycles. The molecule has 0 amide bonds. The van der Waals surface area contributed by atoms with Crippen LogP contribution in [0.4, 0.5) is 13.2 Å². The van der Waals surface area contributed by atoms with Crippen LogP contribution >= 0.6 is 15.9 Å². The highest BCUT2D eigenvalue weighted by Crippen LogP contribution is 2.37. The molecule has 0 fully saturated rings. The highest BCUT2D eigenvalue weighted by Gasteiger charge is 2.35. The molecular formula is C13H14BrF3O. The first-order valence-corrected chi connectivity index (χ1v) is 6.26. The highest BCUT2D eigenvalue weighted by atomic mass is 79.9. The van der Waals surface area contributed by atoms with Crippen LogP contribution in [0.1, 0.15) is 37.0 Å². The zero-order valence-corrected chi connectivity index (χ0v) is 11.5. The summed E-state index contributed by atoms with van der Waals surface area (Å²) in [5.74, 6) is 0. The lowest BCUT2D eigenvalue weighted by Crippen LogP contribution is -2.12. The molecule has 0 aliphatic rings. The molecule has 0 heterocycles. The van der Waals surface area contributed by atoms with Crippen molar-refractivity contribution in [3.05, 3.63) is 46.0 Å². The summed E-state index contributed by atoms with van der Waals surface area (Å²) in [6, 6.07) is 3.76. The molecule has 100 valence electrons. The van der Waals surface area contributed by atoms with Gasteiger partial charge in [0.05, 0.1) is 11.7 Å². The van der Waals surface area contributed by atoms with Crippen LogP contribution in [0.25, 0.3) is 0 Å². The molecule has 5 heteroatoms. The van der Waals surface area contributed by atoms with E-state index in [2.05, 4.69) is 22.5 Å². The van der Waals surface area contributed by atoms with E-state index in [-0.39, 0.29) is 12.0 Å². The molecule has 0 saturated heterocycles. The molecule has 0 aliphatic carbocycles. The van der Waals surface area contributed by atoms with E-state index in [1.54, 1.807) is 0 Å². The molecule has 1 aromatic carbocycles.